The highest BCUT2D eigenvalue weighted by Gasteiger charge is 2.29. The molecule has 0 aromatic carbocycles. The summed E-state index contributed by atoms with van der Waals surface area (Å²) in [5.74, 6) is 0.0196. The van der Waals surface area contributed by atoms with Gasteiger partial charge >= 0.3 is 0 Å². The number of hydrogen-bond donors (Lipinski definition) is 3. The van der Waals surface area contributed by atoms with Gasteiger partial charge in [-0.05, 0) is 18.8 Å². The van der Waals surface area contributed by atoms with E-state index in [1.165, 1.54) is 17.8 Å². The molecular weight excluding hydrogens is 264 g/mol. The molecule has 1 aromatic rings. The molecule has 1 aliphatic carbocycles. The van der Waals surface area contributed by atoms with Gasteiger partial charge in [-0.25, -0.2) is 4.98 Å². The number of carbonyl (C=O) groups is 1. The normalized spacial score (nSPS) is 19.1. The molecule has 1 fully saturated rings. The number of aromatic nitrogens is 1. The van der Waals surface area contributed by atoms with Crippen LogP contribution in [-0.2, 0) is 0 Å². The van der Waals surface area contributed by atoms with E-state index in [0.717, 1.165) is 25.7 Å². The molecule has 1 aromatic heterocycles. The number of amidine groups is 1. The van der Waals surface area contributed by atoms with Crippen LogP contribution in [0.4, 0.5) is 0 Å². The van der Waals surface area contributed by atoms with Gasteiger partial charge in [-0.2, -0.15) is 0 Å². The number of nitrogens with two attached hydrogens (primary N) is 1. The van der Waals surface area contributed by atoms with Gasteiger partial charge in [-0.15, -0.1) is 11.3 Å². The van der Waals surface area contributed by atoms with E-state index >= 15 is 0 Å². The fourth-order valence-corrected chi connectivity index (χ4v) is 3.03. The Balaban J connectivity index is 2.07. The average Bonchev–Trinajstić information content (AvgIpc) is 2.99. The van der Waals surface area contributed by atoms with Crippen molar-refractivity contribution in [1.29, 1.82) is 0 Å². The molecule has 1 amide bonds. The quantitative estimate of drug-likeness (QED) is 0.338. The zero-order chi connectivity index (χ0) is 13.7. The van der Waals surface area contributed by atoms with E-state index in [-0.39, 0.29) is 17.7 Å². The molecule has 1 aliphatic rings. The van der Waals surface area contributed by atoms with Gasteiger partial charge < -0.3 is 16.3 Å². The number of carbonyl (C=O) groups excluding carboxylic acids is 1. The van der Waals surface area contributed by atoms with Crippen molar-refractivity contribution in [3.63, 3.8) is 0 Å². The van der Waals surface area contributed by atoms with E-state index in [2.05, 4.69) is 15.5 Å². The van der Waals surface area contributed by atoms with Gasteiger partial charge in [0.25, 0.3) is 5.91 Å². The molecular formula is C12H18N4O2S. The van der Waals surface area contributed by atoms with Crippen molar-refractivity contribution in [3.8, 4) is 0 Å². The summed E-state index contributed by atoms with van der Waals surface area (Å²) >= 11 is 1.36. The molecule has 1 atom stereocenters. The number of nitrogens with one attached hydrogen (secondary N) is 1. The maximum absolute atomic E-state index is 12.0. The SMILES string of the molecule is NC(=NO)C(NC(=O)c1cscn1)C1CCCCC1. The fraction of sp³-hybridized carbons (Fsp3) is 0.583. The molecule has 19 heavy (non-hydrogen) atoms. The van der Waals surface area contributed by atoms with Crippen LogP contribution in [0.25, 0.3) is 0 Å². The number of nitrogens with zero attached hydrogens (tertiary/aromatic N) is 2. The van der Waals surface area contributed by atoms with Crippen LogP contribution in [0.2, 0.25) is 0 Å². The smallest absolute Gasteiger partial charge is 0.271 e. The van der Waals surface area contributed by atoms with E-state index < -0.39 is 6.04 Å². The summed E-state index contributed by atoms with van der Waals surface area (Å²) in [6.07, 6.45) is 5.41. The molecule has 1 unspecified atom stereocenters. The Morgan fingerprint density at radius 1 is 1.53 bits per heavy atom. The van der Waals surface area contributed by atoms with Crippen LogP contribution < -0.4 is 11.1 Å². The topological polar surface area (TPSA) is 101 Å². The van der Waals surface area contributed by atoms with Crippen molar-refractivity contribution in [3.05, 3.63) is 16.6 Å². The molecule has 2 rings (SSSR count). The molecule has 0 spiro atoms. The van der Waals surface area contributed by atoms with Crippen LogP contribution in [0.3, 0.4) is 0 Å². The Hall–Kier alpha value is -1.63. The van der Waals surface area contributed by atoms with Crippen molar-refractivity contribution in [2.45, 2.75) is 38.1 Å². The predicted molar refractivity (Wildman–Crippen MR) is 73.4 cm³/mol. The van der Waals surface area contributed by atoms with Crippen LogP contribution in [0, 0.1) is 5.92 Å². The predicted octanol–water partition coefficient (Wildman–Crippen LogP) is 1.57. The summed E-state index contributed by atoms with van der Waals surface area (Å²) in [5, 5.41) is 16.4. The monoisotopic (exact) mass is 282 g/mol. The average molecular weight is 282 g/mol. The third kappa shape index (κ3) is 3.44. The molecule has 0 bridgehead atoms. The zero-order valence-electron chi connectivity index (χ0n) is 10.6. The van der Waals surface area contributed by atoms with Crippen molar-refractivity contribution < 1.29 is 10.0 Å². The third-order valence-corrected chi connectivity index (χ3v) is 4.09. The van der Waals surface area contributed by atoms with Crippen LogP contribution in [0.5, 0.6) is 0 Å². The van der Waals surface area contributed by atoms with Gasteiger partial charge in [0.15, 0.2) is 5.84 Å². The molecule has 0 aliphatic heterocycles. The fourth-order valence-electron chi connectivity index (χ4n) is 2.50. The molecule has 1 saturated carbocycles. The largest absolute Gasteiger partial charge is 0.409 e. The summed E-state index contributed by atoms with van der Waals surface area (Å²) < 4.78 is 0. The van der Waals surface area contributed by atoms with Crippen LogP contribution >= 0.6 is 11.3 Å². The second-order valence-corrected chi connectivity index (χ2v) is 5.47. The van der Waals surface area contributed by atoms with E-state index in [4.69, 9.17) is 10.9 Å². The molecule has 0 radical (unpaired) electrons. The second kappa shape index (κ2) is 6.51. The first-order valence-corrected chi connectivity index (χ1v) is 7.33. The van der Waals surface area contributed by atoms with E-state index in [1.807, 2.05) is 0 Å². The lowest BCUT2D eigenvalue weighted by atomic mass is 9.83. The summed E-state index contributed by atoms with van der Waals surface area (Å²) in [6.45, 7) is 0. The summed E-state index contributed by atoms with van der Waals surface area (Å²) in [6, 6.07) is -0.417. The minimum atomic E-state index is -0.417. The zero-order valence-corrected chi connectivity index (χ0v) is 11.4. The van der Waals surface area contributed by atoms with Gasteiger partial charge in [0.05, 0.1) is 11.6 Å². The lowest BCUT2D eigenvalue weighted by Gasteiger charge is -2.29. The summed E-state index contributed by atoms with van der Waals surface area (Å²) in [5.41, 5.74) is 7.69. The standard InChI is InChI=1S/C12H18N4O2S/c13-11(16-18)10(8-4-2-1-3-5-8)15-12(17)9-6-19-7-14-9/h6-8,10,18H,1-5H2,(H2,13,16)(H,15,17). The summed E-state index contributed by atoms with van der Waals surface area (Å²) in [7, 11) is 0. The van der Waals surface area contributed by atoms with E-state index in [9.17, 15) is 4.79 Å². The Morgan fingerprint density at radius 2 is 2.26 bits per heavy atom. The molecule has 0 saturated heterocycles. The maximum Gasteiger partial charge on any atom is 0.271 e. The minimum Gasteiger partial charge on any atom is -0.409 e. The van der Waals surface area contributed by atoms with Gasteiger partial charge in [0, 0.05) is 5.38 Å². The Morgan fingerprint density at radius 3 is 2.84 bits per heavy atom. The lowest BCUT2D eigenvalue weighted by molar-refractivity contribution is 0.0926. The van der Waals surface area contributed by atoms with Crippen molar-refractivity contribution in [2.24, 2.45) is 16.8 Å². The van der Waals surface area contributed by atoms with Crippen LogP contribution in [0.1, 0.15) is 42.6 Å². The van der Waals surface area contributed by atoms with Crippen molar-refractivity contribution in [1.82, 2.24) is 10.3 Å². The molecule has 6 nitrogen and oxygen atoms in total. The van der Waals surface area contributed by atoms with Crippen molar-refractivity contribution in [2.75, 3.05) is 0 Å². The minimum absolute atomic E-state index is 0.0653. The van der Waals surface area contributed by atoms with E-state index in [1.54, 1.807) is 10.9 Å². The van der Waals surface area contributed by atoms with Crippen molar-refractivity contribution >= 4 is 23.1 Å². The number of hydrogen-bond acceptors (Lipinski definition) is 5. The maximum atomic E-state index is 12.0. The Bertz CT molecular complexity index is 441. The molecule has 1 heterocycles. The highest BCUT2D eigenvalue weighted by atomic mass is 32.1. The van der Waals surface area contributed by atoms with Gasteiger partial charge in [-0.1, -0.05) is 24.4 Å². The lowest BCUT2D eigenvalue weighted by Crippen LogP contribution is -2.49. The Labute approximate surface area is 115 Å². The molecule has 104 valence electrons. The van der Waals surface area contributed by atoms with Crippen LogP contribution in [0.15, 0.2) is 16.0 Å². The highest BCUT2D eigenvalue weighted by molar-refractivity contribution is 7.07. The number of thiazole rings is 1. The van der Waals surface area contributed by atoms with Gasteiger partial charge in [0.1, 0.15) is 5.69 Å². The first kappa shape index (κ1) is 13.8. The molecule has 7 heteroatoms. The number of amides is 1. The number of oxime groups is 1. The highest BCUT2D eigenvalue weighted by Crippen LogP contribution is 2.26. The molecule has 4 N–H and O–H groups in total. The first-order valence-electron chi connectivity index (χ1n) is 6.39. The van der Waals surface area contributed by atoms with Crippen LogP contribution in [-0.4, -0.2) is 28.0 Å². The third-order valence-electron chi connectivity index (χ3n) is 3.51. The van der Waals surface area contributed by atoms with Gasteiger partial charge in [0.2, 0.25) is 0 Å². The first-order chi connectivity index (χ1) is 9.22. The van der Waals surface area contributed by atoms with Gasteiger partial charge in [-0.3, -0.25) is 4.79 Å². The number of rotatable bonds is 4. The Kier molecular flexibility index (Phi) is 4.73. The summed E-state index contributed by atoms with van der Waals surface area (Å²) in [4.78, 5) is 16.0. The second-order valence-electron chi connectivity index (χ2n) is 4.75. The van der Waals surface area contributed by atoms with E-state index in [0.29, 0.717) is 5.69 Å².